The molecule has 0 atom stereocenters. The van der Waals surface area contributed by atoms with Gasteiger partial charge in [-0.1, -0.05) is 23.3 Å². The van der Waals surface area contributed by atoms with Crippen molar-refractivity contribution < 1.29 is 0 Å². The maximum absolute atomic E-state index is 8.31. The third kappa shape index (κ3) is 2.36. The van der Waals surface area contributed by atoms with Gasteiger partial charge in [0.05, 0.1) is 6.33 Å². The highest BCUT2D eigenvalue weighted by Gasteiger charge is 1.95. The van der Waals surface area contributed by atoms with Crippen LogP contribution in [0.4, 0.5) is 5.69 Å². The van der Waals surface area contributed by atoms with Crippen LogP contribution in [0, 0.1) is 0 Å². The molecule has 0 amide bonds. The van der Waals surface area contributed by atoms with E-state index >= 15 is 0 Å². The lowest BCUT2D eigenvalue weighted by molar-refractivity contribution is 0.797. The Labute approximate surface area is 86.6 Å². The quantitative estimate of drug-likeness (QED) is 0.425. The first-order valence-corrected chi connectivity index (χ1v) is 4.48. The lowest BCUT2D eigenvalue weighted by Gasteiger charge is -2.02. The molecule has 1 aromatic heterocycles. The highest BCUT2D eigenvalue weighted by molar-refractivity contribution is 5.39. The van der Waals surface area contributed by atoms with Crippen LogP contribution >= 0.6 is 0 Å². The fourth-order valence-electron chi connectivity index (χ4n) is 1.36. The molecule has 0 spiro atoms. The topological polar surface area (TPSA) is 66.6 Å². The summed E-state index contributed by atoms with van der Waals surface area (Å²) in [6.45, 7) is 0.731. The minimum atomic E-state index is 0.634. The molecule has 0 aliphatic rings. The zero-order valence-electron chi connectivity index (χ0n) is 7.98. The van der Waals surface area contributed by atoms with E-state index in [1.165, 1.54) is 0 Å². The molecule has 0 unspecified atom stereocenters. The van der Waals surface area contributed by atoms with E-state index in [4.69, 9.17) is 5.53 Å². The van der Waals surface area contributed by atoms with E-state index in [1.54, 1.807) is 18.6 Å². The van der Waals surface area contributed by atoms with Crippen molar-refractivity contribution in [3.63, 3.8) is 0 Å². The molecule has 0 radical (unpaired) electrons. The van der Waals surface area contributed by atoms with Gasteiger partial charge >= 0.3 is 0 Å². The Balaban J connectivity index is 2.22. The summed E-state index contributed by atoms with van der Waals surface area (Å²) in [6, 6.07) is 7.49. The summed E-state index contributed by atoms with van der Waals surface area (Å²) in [5.41, 5.74) is 10.0. The van der Waals surface area contributed by atoms with Crippen LogP contribution in [0.2, 0.25) is 0 Å². The lowest BCUT2D eigenvalue weighted by Crippen LogP contribution is -1.95. The summed E-state index contributed by atoms with van der Waals surface area (Å²) in [5.74, 6) is 0. The second kappa shape index (κ2) is 4.30. The number of azide groups is 1. The van der Waals surface area contributed by atoms with Crippen LogP contribution < -0.4 is 0 Å². The van der Waals surface area contributed by atoms with Crippen LogP contribution in [-0.4, -0.2) is 9.55 Å². The van der Waals surface area contributed by atoms with Crippen molar-refractivity contribution in [2.75, 3.05) is 0 Å². The van der Waals surface area contributed by atoms with Gasteiger partial charge < -0.3 is 4.57 Å². The zero-order valence-corrected chi connectivity index (χ0v) is 7.98. The third-order valence-corrected chi connectivity index (χ3v) is 2.00. The lowest BCUT2D eigenvalue weighted by atomic mass is 10.2. The van der Waals surface area contributed by atoms with E-state index in [9.17, 15) is 0 Å². The van der Waals surface area contributed by atoms with Gasteiger partial charge in [-0.05, 0) is 17.2 Å². The van der Waals surface area contributed by atoms with Gasteiger partial charge in [0.25, 0.3) is 0 Å². The minimum absolute atomic E-state index is 0.634. The predicted octanol–water partition coefficient (Wildman–Crippen LogP) is 2.87. The van der Waals surface area contributed by atoms with Crippen LogP contribution in [0.25, 0.3) is 10.4 Å². The molecule has 2 rings (SSSR count). The molecular formula is C10H9N5. The van der Waals surface area contributed by atoms with Crippen molar-refractivity contribution in [1.82, 2.24) is 9.55 Å². The molecule has 5 nitrogen and oxygen atoms in total. The number of benzene rings is 1. The van der Waals surface area contributed by atoms with Crippen LogP contribution in [0.3, 0.4) is 0 Å². The number of imidazole rings is 1. The van der Waals surface area contributed by atoms with E-state index in [0.717, 1.165) is 12.1 Å². The van der Waals surface area contributed by atoms with Crippen LogP contribution in [0.1, 0.15) is 5.56 Å². The van der Waals surface area contributed by atoms with Gasteiger partial charge in [0.1, 0.15) is 0 Å². The summed E-state index contributed by atoms with van der Waals surface area (Å²) < 4.78 is 1.95. The highest BCUT2D eigenvalue weighted by atomic mass is 15.1. The van der Waals surface area contributed by atoms with Gasteiger partial charge in [-0.25, -0.2) is 4.98 Å². The number of hydrogen-bond acceptors (Lipinski definition) is 2. The Morgan fingerprint density at radius 3 is 3.13 bits per heavy atom. The average Bonchev–Trinajstić information content (AvgIpc) is 2.71. The number of aromatic nitrogens is 2. The first-order chi connectivity index (χ1) is 7.38. The van der Waals surface area contributed by atoms with Crippen molar-refractivity contribution >= 4 is 5.69 Å². The molecule has 0 aliphatic heterocycles. The van der Waals surface area contributed by atoms with E-state index in [1.807, 2.05) is 29.0 Å². The minimum Gasteiger partial charge on any atom is -0.333 e. The van der Waals surface area contributed by atoms with E-state index < -0.39 is 0 Å². The fraction of sp³-hybridized carbons (Fsp3) is 0.100. The average molecular weight is 199 g/mol. The van der Waals surface area contributed by atoms with Gasteiger partial charge in [-0.2, -0.15) is 0 Å². The van der Waals surface area contributed by atoms with Crippen LogP contribution in [0.5, 0.6) is 0 Å². The van der Waals surface area contributed by atoms with Gasteiger partial charge in [-0.3, -0.25) is 0 Å². The zero-order chi connectivity index (χ0) is 10.5. The fourth-order valence-corrected chi connectivity index (χ4v) is 1.36. The summed E-state index contributed by atoms with van der Waals surface area (Å²) in [7, 11) is 0. The van der Waals surface area contributed by atoms with Crippen molar-refractivity contribution in [1.29, 1.82) is 0 Å². The first kappa shape index (κ1) is 9.30. The summed E-state index contributed by atoms with van der Waals surface area (Å²) in [5, 5.41) is 3.55. The SMILES string of the molecule is [N-]=[N+]=Nc1cccc(Cn2ccnc2)c1. The molecule has 0 aliphatic carbocycles. The van der Waals surface area contributed by atoms with Gasteiger partial charge in [-0.15, -0.1) is 0 Å². The Morgan fingerprint density at radius 2 is 2.40 bits per heavy atom. The van der Waals surface area contributed by atoms with Gasteiger partial charge in [0, 0.05) is 29.5 Å². The smallest absolute Gasteiger partial charge is 0.0949 e. The predicted molar refractivity (Wildman–Crippen MR) is 56.6 cm³/mol. The Kier molecular flexibility index (Phi) is 2.67. The largest absolute Gasteiger partial charge is 0.333 e. The van der Waals surface area contributed by atoms with E-state index in [2.05, 4.69) is 15.0 Å². The normalized spacial score (nSPS) is 9.60. The Bertz CT molecular complexity index is 482. The molecule has 15 heavy (non-hydrogen) atoms. The summed E-state index contributed by atoms with van der Waals surface area (Å²) >= 11 is 0. The monoisotopic (exact) mass is 199 g/mol. The molecular weight excluding hydrogens is 190 g/mol. The molecule has 0 saturated heterocycles. The maximum Gasteiger partial charge on any atom is 0.0949 e. The molecule has 1 aromatic carbocycles. The third-order valence-electron chi connectivity index (χ3n) is 2.00. The molecule has 0 fully saturated rings. The number of nitrogens with zero attached hydrogens (tertiary/aromatic N) is 5. The maximum atomic E-state index is 8.31. The standard InChI is InChI=1S/C10H9N5/c11-14-13-10-3-1-2-9(6-10)7-15-5-4-12-8-15/h1-6,8H,7H2. The molecule has 0 saturated carbocycles. The number of hydrogen-bond donors (Lipinski definition) is 0. The second-order valence-electron chi connectivity index (χ2n) is 3.09. The molecule has 0 N–H and O–H groups in total. The highest BCUT2D eigenvalue weighted by Crippen LogP contribution is 2.14. The van der Waals surface area contributed by atoms with Gasteiger partial charge in [0.2, 0.25) is 0 Å². The Morgan fingerprint density at radius 1 is 1.47 bits per heavy atom. The second-order valence-corrected chi connectivity index (χ2v) is 3.09. The van der Waals surface area contributed by atoms with Crippen molar-refractivity contribution in [2.45, 2.75) is 6.54 Å². The summed E-state index contributed by atoms with van der Waals surface area (Å²) in [4.78, 5) is 6.71. The van der Waals surface area contributed by atoms with Crippen LogP contribution in [0.15, 0.2) is 48.1 Å². The Hall–Kier alpha value is -2.26. The number of rotatable bonds is 3. The summed E-state index contributed by atoms with van der Waals surface area (Å²) in [6.07, 6.45) is 5.37. The molecule has 0 bridgehead atoms. The van der Waals surface area contributed by atoms with Gasteiger partial charge in [0.15, 0.2) is 0 Å². The molecule has 5 heteroatoms. The molecule has 1 heterocycles. The molecule has 2 aromatic rings. The first-order valence-electron chi connectivity index (χ1n) is 4.48. The van der Waals surface area contributed by atoms with E-state index in [-0.39, 0.29) is 0 Å². The van der Waals surface area contributed by atoms with Crippen molar-refractivity contribution in [3.05, 3.63) is 59.0 Å². The van der Waals surface area contributed by atoms with Crippen molar-refractivity contribution in [3.8, 4) is 0 Å². The van der Waals surface area contributed by atoms with Crippen molar-refractivity contribution in [2.24, 2.45) is 5.11 Å². The van der Waals surface area contributed by atoms with E-state index in [0.29, 0.717) is 5.69 Å². The van der Waals surface area contributed by atoms with Crippen LogP contribution in [-0.2, 0) is 6.54 Å². The molecule has 74 valence electrons.